The third-order valence-electron chi connectivity index (χ3n) is 2.60. The van der Waals surface area contributed by atoms with E-state index in [-0.39, 0.29) is 5.78 Å². The first-order valence-electron chi connectivity index (χ1n) is 5.86. The summed E-state index contributed by atoms with van der Waals surface area (Å²) < 4.78 is 4.83. The number of benzene rings is 1. The molecule has 18 heavy (non-hydrogen) atoms. The van der Waals surface area contributed by atoms with Crippen molar-refractivity contribution in [3.8, 4) is 0 Å². The van der Waals surface area contributed by atoms with Crippen LogP contribution in [-0.2, 0) is 4.74 Å². The van der Waals surface area contributed by atoms with Crippen LogP contribution in [0.2, 0.25) is 0 Å². The summed E-state index contributed by atoms with van der Waals surface area (Å²) in [5.74, 6) is -0.0467. The van der Waals surface area contributed by atoms with E-state index in [1.165, 1.54) is 6.92 Å². The van der Waals surface area contributed by atoms with Crippen LogP contribution in [0.5, 0.6) is 0 Å². The van der Waals surface area contributed by atoms with Crippen LogP contribution in [-0.4, -0.2) is 37.3 Å². The van der Waals surface area contributed by atoms with Crippen molar-refractivity contribution in [2.45, 2.75) is 19.4 Å². The van der Waals surface area contributed by atoms with Gasteiger partial charge in [-0.25, -0.2) is 0 Å². The Kier molecular flexibility index (Phi) is 5.61. The lowest BCUT2D eigenvalue weighted by Crippen LogP contribution is -2.18. The molecule has 5 heteroatoms. The molecule has 0 amide bonds. The first-order valence-corrected chi connectivity index (χ1v) is 5.86. The number of aliphatic hydroxyl groups excluding tert-OH is 1. The number of ketones is 1. The molecule has 0 aromatic heterocycles. The van der Waals surface area contributed by atoms with Crippen LogP contribution < -0.4 is 11.1 Å². The van der Waals surface area contributed by atoms with Crippen molar-refractivity contribution in [2.24, 2.45) is 0 Å². The van der Waals surface area contributed by atoms with Gasteiger partial charge in [-0.2, -0.15) is 0 Å². The summed E-state index contributed by atoms with van der Waals surface area (Å²) in [6.07, 6.45) is 0.110. The van der Waals surface area contributed by atoms with Crippen molar-refractivity contribution in [1.82, 2.24) is 0 Å². The van der Waals surface area contributed by atoms with Gasteiger partial charge in [0.2, 0.25) is 0 Å². The SMILES string of the molecule is COCC(O)CCNc1ccc(C(C)=O)c(N)c1. The average molecular weight is 252 g/mol. The summed E-state index contributed by atoms with van der Waals surface area (Å²) >= 11 is 0. The fourth-order valence-corrected chi connectivity index (χ4v) is 1.65. The molecule has 0 fully saturated rings. The number of ether oxygens (including phenoxy) is 1. The number of rotatable bonds is 7. The summed E-state index contributed by atoms with van der Waals surface area (Å²) in [5, 5.41) is 12.6. The highest BCUT2D eigenvalue weighted by Crippen LogP contribution is 2.18. The molecule has 1 aromatic carbocycles. The molecule has 1 rings (SSSR count). The minimum absolute atomic E-state index is 0.0467. The van der Waals surface area contributed by atoms with Gasteiger partial charge < -0.3 is 20.9 Å². The number of anilines is 2. The highest BCUT2D eigenvalue weighted by Gasteiger charge is 2.06. The van der Waals surface area contributed by atoms with E-state index in [9.17, 15) is 9.90 Å². The topological polar surface area (TPSA) is 84.6 Å². The number of Topliss-reactive ketones (excluding diaryl/α,β-unsaturated/α-hetero) is 1. The number of hydrogen-bond donors (Lipinski definition) is 3. The van der Waals surface area contributed by atoms with Crippen LogP contribution in [0.15, 0.2) is 18.2 Å². The molecule has 100 valence electrons. The zero-order chi connectivity index (χ0) is 13.5. The molecule has 1 atom stereocenters. The maximum atomic E-state index is 11.2. The molecule has 1 aromatic rings. The molecule has 0 aliphatic heterocycles. The van der Waals surface area contributed by atoms with Crippen molar-refractivity contribution >= 4 is 17.2 Å². The Morgan fingerprint density at radius 3 is 2.83 bits per heavy atom. The van der Waals surface area contributed by atoms with Gasteiger partial charge in [-0.15, -0.1) is 0 Å². The van der Waals surface area contributed by atoms with E-state index >= 15 is 0 Å². The molecule has 0 heterocycles. The minimum atomic E-state index is -0.476. The number of methoxy groups -OCH3 is 1. The molecular weight excluding hydrogens is 232 g/mol. The normalized spacial score (nSPS) is 12.2. The van der Waals surface area contributed by atoms with Gasteiger partial charge in [-0.1, -0.05) is 0 Å². The maximum absolute atomic E-state index is 11.2. The Labute approximate surface area is 107 Å². The molecule has 0 spiro atoms. The molecule has 4 N–H and O–H groups in total. The Morgan fingerprint density at radius 2 is 2.28 bits per heavy atom. The van der Waals surface area contributed by atoms with E-state index in [0.29, 0.717) is 30.8 Å². The minimum Gasteiger partial charge on any atom is -0.398 e. The summed E-state index contributed by atoms with van der Waals surface area (Å²) in [4.78, 5) is 11.2. The van der Waals surface area contributed by atoms with Gasteiger partial charge in [0.15, 0.2) is 5.78 Å². The molecule has 0 aliphatic carbocycles. The number of nitrogens with one attached hydrogen (secondary N) is 1. The van der Waals surface area contributed by atoms with E-state index in [4.69, 9.17) is 10.5 Å². The molecule has 1 unspecified atom stereocenters. The second-order valence-electron chi connectivity index (χ2n) is 4.18. The second-order valence-corrected chi connectivity index (χ2v) is 4.18. The van der Waals surface area contributed by atoms with Crippen molar-refractivity contribution in [1.29, 1.82) is 0 Å². The van der Waals surface area contributed by atoms with Gasteiger partial charge >= 0.3 is 0 Å². The molecule has 0 aliphatic rings. The summed E-state index contributed by atoms with van der Waals surface area (Å²) in [6, 6.07) is 5.22. The lowest BCUT2D eigenvalue weighted by Gasteiger charge is -2.12. The fourth-order valence-electron chi connectivity index (χ4n) is 1.65. The quantitative estimate of drug-likeness (QED) is 0.503. The number of carbonyl (C=O) groups excluding carboxylic acids is 1. The monoisotopic (exact) mass is 252 g/mol. The predicted molar refractivity (Wildman–Crippen MR) is 71.8 cm³/mol. The Bertz CT molecular complexity index is 407. The summed E-state index contributed by atoms with van der Waals surface area (Å²) in [7, 11) is 1.55. The van der Waals surface area contributed by atoms with Gasteiger partial charge in [0.05, 0.1) is 12.7 Å². The van der Waals surface area contributed by atoms with E-state index in [2.05, 4.69) is 5.32 Å². The van der Waals surface area contributed by atoms with Crippen LogP contribution in [0.4, 0.5) is 11.4 Å². The molecular formula is C13H20N2O3. The van der Waals surface area contributed by atoms with Crippen LogP contribution in [0, 0.1) is 0 Å². The van der Waals surface area contributed by atoms with Crippen LogP contribution in [0.25, 0.3) is 0 Å². The average Bonchev–Trinajstić information content (AvgIpc) is 2.29. The zero-order valence-corrected chi connectivity index (χ0v) is 10.8. The third kappa shape index (κ3) is 4.35. The van der Waals surface area contributed by atoms with E-state index < -0.39 is 6.10 Å². The highest BCUT2D eigenvalue weighted by atomic mass is 16.5. The largest absolute Gasteiger partial charge is 0.398 e. The Morgan fingerprint density at radius 1 is 1.56 bits per heavy atom. The van der Waals surface area contributed by atoms with E-state index in [0.717, 1.165) is 5.69 Å². The molecule has 0 saturated carbocycles. The van der Waals surface area contributed by atoms with Crippen LogP contribution >= 0.6 is 0 Å². The zero-order valence-electron chi connectivity index (χ0n) is 10.8. The molecule has 0 bridgehead atoms. The lowest BCUT2D eigenvalue weighted by molar-refractivity contribution is 0.0615. The smallest absolute Gasteiger partial charge is 0.161 e. The van der Waals surface area contributed by atoms with Gasteiger partial charge in [0, 0.05) is 30.6 Å². The highest BCUT2D eigenvalue weighted by molar-refractivity contribution is 5.99. The number of nitrogens with two attached hydrogens (primary N) is 1. The first-order chi connectivity index (χ1) is 8.54. The first kappa shape index (κ1) is 14.5. The number of nitrogen functional groups attached to an aromatic ring is 1. The molecule has 5 nitrogen and oxygen atoms in total. The van der Waals surface area contributed by atoms with Crippen molar-refractivity contribution < 1.29 is 14.6 Å². The third-order valence-corrected chi connectivity index (χ3v) is 2.60. The molecule has 0 saturated heterocycles. The maximum Gasteiger partial charge on any atom is 0.161 e. The van der Waals surface area contributed by atoms with Crippen LogP contribution in [0.1, 0.15) is 23.7 Å². The fraction of sp³-hybridized carbons (Fsp3) is 0.462. The van der Waals surface area contributed by atoms with Gasteiger partial charge in [-0.3, -0.25) is 4.79 Å². The van der Waals surface area contributed by atoms with E-state index in [1.54, 1.807) is 25.3 Å². The summed E-state index contributed by atoms with van der Waals surface area (Å²) in [6.45, 7) is 2.43. The predicted octanol–water partition coefficient (Wildman–Crippen LogP) is 1.28. The number of carbonyl (C=O) groups is 1. The van der Waals surface area contributed by atoms with Crippen molar-refractivity contribution in [3.05, 3.63) is 23.8 Å². The Hall–Kier alpha value is -1.59. The lowest BCUT2D eigenvalue weighted by atomic mass is 10.1. The van der Waals surface area contributed by atoms with Gasteiger partial charge in [0.25, 0.3) is 0 Å². The number of aliphatic hydroxyl groups is 1. The van der Waals surface area contributed by atoms with Crippen molar-refractivity contribution in [3.63, 3.8) is 0 Å². The van der Waals surface area contributed by atoms with Gasteiger partial charge in [-0.05, 0) is 31.5 Å². The number of hydrogen-bond acceptors (Lipinski definition) is 5. The molecule has 0 radical (unpaired) electrons. The van der Waals surface area contributed by atoms with Gasteiger partial charge in [0.1, 0.15) is 0 Å². The standard InChI is InChI=1S/C13H20N2O3/c1-9(16)12-4-3-10(7-13(12)14)15-6-5-11(17)8-18-2/h3-4,7,11,15,17H,5-6,8,14H2,1-2H3. The Balaban J connectivity index is 2.49. The summed E-state index contributed by atoms with van der Waals surface area (Å²) in [5.41, 5.74) is 7.60. The van der Waals surface area contributed by atoms with E-state index in [1.807, 2.05) is 0 Å². The second kappa shape index (κ2) is 6.98. The van der Waals surface area contributed by atoms with Crippen molar-refractivity contribution in [2.75, 3.05) is 31.3 Å². The van der Waals surface area contributed by atoms with Crippen LogP contribution in [0.3, 0.4) is 0 Å².